The largest absolute Gasteiger partial charge is 0.485 e. The number of nitrogens with one attached hydrogen (secondary N) is 1. The molecule has 0 unspecified atom stereocenters. The fourth-order valence-electron chi connectivity index (χ4n) is 2.86. The topological polar surface area (TPSA) is 50.8 Å². The number of carbonyl (C=O) groups is 1. The Hall–Kier alpha value is -2.24. The Balaban J connectivity index is 0.00000243. The Morgan fingerprint density at radius 3 is 2.42 bits per heavy atom. The van der Waals surface area contributed by atoms with Gasteiger partial charge < -0.3 is 19.7 Å². The van der Waals surface area contributed by atoms with Gasteiger partial charge in [-0.1, -0.05) is 42.5 Å². The molecule has 1 heterocycles. The second-order valence-corrected chi connectivity index (χ2v) is 6.15. The van der Waals surface area contributed by atoms with E-state index in [0.29, 0.717) is 18.1 Å². The Labute approximate surface area is 160 Å². The summed E-state index contributed by atoms with van der Waals surface area (Å²) in [4.78, 5) is 14.3. The summed E-state index contributed by atoms with van der Waals surface area (Å²) in [5.41, 5.74) is 1.09. The molecule has 26 heavy (non-hydrogen) atoms. The van der Waals surface area contributed by atoms with Crippen molar-refractivity contribution >= 4 is 18.3 Å². The van der Waals surface area contributed by atoms with E-state index >= 15 is 0 Å². The highest BCUT2D eigenvalue weighted by Gasteiger charge is 2.23. The van der Waals surface area contributed by atoms with Gasteiger partial charge in [0.15, 0.2) is 18.1 Å². The van der Waals surface area contributed by atoms with E-state index in [4.69, 9.17) is 9.47 Å². The number of benzene rings is 2. The maximum absolute atomic E-state index is 12.4. The van der Waals surface area contributed by atoms with Gasteiger partial charge in [-0.25, -0.2) is 0 Å². The average Bonchev–Trinajstić information content (AvgIpc) is 2.66. The van der Waals surface area contributed by atoms with Crippen molar-refractivity contribution in [2.75, 3.05) is 26.2 Å². The van der Waals surface area contributed by atoms with Gasteiger partial charge in [0.1, 0.15) is 6.61 Å². The molecule has 0 saturated carbocycles. The van der Waals surface area contributed by atoms with Gasteiger partial charge in [0.2, 0.25) is 0 Å². The zero-order valence-electron chi connectivity index (χ0n) is 14.9. The number of piperazine rings is 1. The van der Waals surface area contributed by atoms with Crippen LogP contribution >= 0.6 is 12.4 Å². The second kappa shape index (κ2) is 10.0. The summed E-state index contributed by atoms with van der Waals surface area (Å²) in [6.07, 6.45) is 0. The van der Waals surface area contributed by atoms with Crippen LogP contribution in [0.3, 0.4) is 0 Å². The minimum atomic E-state index is 0. The molecule has 1 fully saturated rings. The molecule has 6 heteroatoms. The molecule has 2 aromatic rings. The van der Waals surface area contributed by atoms with E-state index in [1.165, 1.54) is 0 Å². The van der Waals surface area contributed by atoms with E-state index in [1.807, 2.05) is 66.4 Å². The van der Waals surface area contributed by atoms with Crippen LogP contribution in [0.1, 0.15) is 12.5 Å². The van der Waals surface area contributed by atoms with Crippen LogP contribution in [-0.4, -0.2) is 43.1 Å². The van der Waals surface area contributed by atoms with Crippen molar-refractivity contribution in [3.05, 3.63) is 60.2 Å². The Morgan fingerprint density at radius 1 is 1.08 bits per heavy atom. The number of hydrogen-bond acceptors (Lipinski definition) is 4. The zero-order chi connectivity index (χ0) is 17.5. The maximum Gasteiger partial charge on any atom is 0.260 e. The maximum atomic E-state index is 12.4. The second-order valence-electron chi connectivity index (χ2n) is 6.15. The lowest BCUT2D eigenvalue weighted by Gasteiger charge is -2.33. The van der Waals surface area contributed by atoms with E-state index in [0.717, 1.165) is 25.2 Å². The van der Waals surface area contributed by atoms with Crippen LogP contribution in [0.25, 0.3) is 0 Å². The molecule has 1 aliphatic rings. The molecular formula is C20H25ClN2O3. The molecule has 3 rings (SSSR count). The van der Waals surface area contributed by atoms with Gasteiger partial charge >= 0.3 is 0 Å². The molecule has 1 N–H and O–H groups in total. The molecule has 1 saturated heterocycles. The Bertz CT molecular complexity index is 696. The molecule has 0 aliphatic carbocycles. The number of carbonyl (C=O) groups excluding carboxylic acids is 1. The third-order valence-corrected chi connectivity index (χ3v) is 4.26. The predicted molar refractivity (Wildman–Crippen MR) is 104 cm³/mol. The lowest BCUT2D eigenvalue weighted by molar-refractivity contribution is -0.136. The van der Waals surface area contributed by atoms with Gasteiger partial charge in [-0.2, -0.15) is 0 Å². The van der Waals surface area contributed by atoms with Crippen LogP contribution in [0.2, 0.25) is 0 Å². The summed E-state index contributed by atoms with van der Waals surface area (Å²) >= 11 is 0. The first-order valence-electron chi connectivity index (χ1n) is 8.63. The van der Waals surface area contributed by atoms with Gasteiger partial charge in [0.05, 0.1) is 0 Å². The van der Waals surface area contributed by atoms with E-state index in [9.17, 15) is 4.79 Å². The normalized spacial score (nSPS) is 16.5. The predicted octanol–water partition coefficient (Wildman–Crippen LogP) is 2.89. The van der Waals surface area contributed by atoms with E-state index < -0.39 is 0 Å². The third-order valence-electron chi connectivity index (χ3n) is 4.26. The molecule has 0 spiro atoms. The van der Waals surface area contributed by atoms with Gasteiger partial charge in [-0.15, -0.1) is 12.4 Å². The monoisotopic (exact) mass is 376 g/mol. The summed E-state index contributed by atoms with van der Waals surface area (Å²) in [6, 6.07) is 17.6. The van der Waals surface area contributed by atoms with Gasteiger partial charge in [0, 0.05) is 25.7 Å². The quantitative estimate of drug-likeness (QED) is 0.842. The summed E-state index contributed by atoms with van der Waals surface area (Å²) in [5.74, 6) is 1.24. The fraction of sp³-hybridized carbons (Fsp3) is 0.350. The van der Waals surface area contributed by atoms with Crippen molar-refractivity contribution in [1.82, 2.24) is 10.2 Å². The van der Waals surface area contributed by atoms with E-state index in [2.05, 4.69) is 5.32 Å². The Morgan fingerprint density at radius 2 is 1.73 bits per heavy atom. The highest BCUT2D eigenvalue weighted by molar-refractivity contribution is 5.85. The average molecular weight is 377 g/mol. The van der Waals surface area contributed by atoms with Crippen molar-refractivity contribution in [3.63, 3.8) is 0 Å². The SMILES string of the molecule is C[C@@H]1CNCCN1C(=O)COc1ccccc1OCc1ccccc1.Cl. The highest BCUT2D eigenvalue weighted by Crippen LogP contribution is 2.27. The molecule has 0 bridgehead atoms. The van der Waals surface area contributed by atoms with Crippen LogP contribution in [-0.2, 0) is 11.4 Å². The van der Waals surface area contributed by atoms with Gasteiger partial charge in [-0.05, 0) is 24.6 Å². The van der Waals surface area contributed by atoms with Crippen LogP contribution in [0.15, 0.2) is 54.6 Å². The first kappa shape index (κ1) is 20.1. The molecule has 1 amide bonds. The number of hydrogen-bond donors (Lipinski definition) is 1. The van der Waals surface area contributed by atoms with Gasteiger partial charge in [0.25, 0.3) is 5.91 Å². The third kappa shape index (κ3) is 5.38. The number of rotatable bonds is 6. The summed E-state index contributed by atoms with van der Waals surface area (Å²) in [5, 5.41) is 3.28. The van der Waals surface area contributed by atoms with Crippen molar-refractivity contribution in [2.45, 2.75) is 19.6 Å². The molecule has 1 aliphatic heterocycles. The lowest BCUT2D eigenvalue weighted by Crippen LogP contribution is -2.53. The molecule has 0 radical (unpaired) electrons. The van der Waals surface area contributed by atoms with Crippen molar-refractivity contribution in [2.24, 2.45) is 0 Å². The molecule has 0 aromatic heterocycles. The summed E-state index contributed by atoms with van der Waals surface area (Å²) < 4.78 is 11.6. The number of para-hydroxylation sites is 2. The number of ether oxygens (including phenoxy) is 2. The highest BCUT2D eigenvalue weighted by atomic mass is 35.5. The summed E-state index contributed by atoms with van der Waals surface area (Å²) in [7, 11) is 0. The number of nitrogens with zero attached hydrogens (tertiary/aromatic N) is 1. The van der Waals surface area contributed by atoms with E-state index in [-0.39, 0.29) is 31.0 Å². The lowest BCUT2D eigenvalue weighted by atomic mass is 10.2. The molecule has 140 valence electrons. The first-order chi connectivity index (χ1) is 12.2. The van der Waals surface area contributed by atoms with Crippen molar-refractivity contribution in [3.8, 4) is 11.5 Å². The van der Waals surface area contributed by atoms with E-state index in [1.54, 1.807) is 0 Å². The van der Waals surface area contributed by atoms with Crippen molar-refractivity contribution < 1.29 is 14.3 Å². The molecular weight excluding hydrogens is 352 g/mol. The number of amides is 1. The van der Waals surface area contributed by atoms with Crippen molar-refractivity contribution in [1.29, 1.82) is 0 Å². The minimum absolute atomic E-state index is 0. The molecule has 1 atom stereocenters. The number of halogens is 1. The molecule has 5 nitrogen and oxygen atoms in total. The van der Waals surface area contributed by atoms with Crippen LogP contribution < -0.4 is 14.8 Å². The van der Waals surface area contributed by atoms with Crippen LogP contribution in [0.4, 0.5) is 0 Å². The van der Waals surface area contributed by atoms with Crippen LogP contribution in [0, 0.1) is 0 Å². The first-order valence-corrected chi connectivity index (χ1v) is 8.63. The summed E-state index contributed by atoms with van der Waals surface area (Å²) in [6.45, 7) is 4.89. The standard InChI is InChI=1S/C20H24N2O3.ClH/c1-16-13-21-11-12-22(16)20(23)15-25-19-10-6-5-9-18(19)24-14-17-7-3-2-4-8-17;/h2-10,16,21H,11-15H2,1H3;1H/t16-;/m1./s1. The van der Waals surface area contributed by atoms with Gasteiger partial charge in [-0.3, -0.25) is 4.79 Å². The van der Waals surface area contributed by atoms with Crippen LogP contribution in [0.5, 0.6) is 11.5 Å². The smallest absolute Gasteiger partial charge is 0.260 e. The minimum Gasteiger partial charge on any atom is -0.485 e. The fourth-order valence-corrected chi connectivity index (χ4v) is 2.86. The zero-order valence-corrected chi connectivity index (χ0v) is 15.7. The molecule has 2 aromatic carbocycles. The Kier molecular flexibility index (Phi) is 7.75.